The van der Waals surface area contributed by atoms with Crippen LogP contribution >= 0.6 is 15.9 Å². The molecule has 0 saturated carbocycles. The number of furan rings is 1. The number of hydrogen-bond donors (Lipinski definition) is 0. The van der Waals surface area contributed by atoms with Crippen molar-refractivity contribution in [3.63, 3.8) is 0 Å². The van der Waals surface area contributed by atoms with Crippen LogP contribution in [0.5, 0.6) is 5.75 Å². The van der Waals surface area contributed by atoms with Gasteiger partial charge in [-0.1, -0.05) is 0 Å². The second-order valence-electron chi connectivity index (χ2n) is 4.01. The van der Waals surface area contributed by atoms with Gasteiger partial charge in [-0.25, -0.2) is 4.98 Å². The van der Waals surface area contributed by atoms with Crippen LogP contribution in [-0.2, 0) is 7.05 Å². The van der Waals surface area contributed by atoms with Crippen LogP contribution < -0.4 is 4.74 Å². The first kappa shape index (κ1) is 9.96. The van der Waals surface area contributed by atoms with Gasteiger partial charge in [0.25, 0.3) is 0 Å². The zero-order valence-electron chi connectivity index (χ0n) is 9.03. The molecule has 0 bridgehead atoms. The molecule has 1 atom stereocenters. The number of aryl methyl sites for hydroxylation is 2. The van der Waals surface area contributed by atoms with E-state index in [0.29, 0.717) is 11.3 Å². The summed E-state index contributed by atoms with van der Waals surface area (Å²) >= 11 is 3.32. The van der Waals surface area contributed by atoms with E-state index in [1.54, 1.807) is 6.26 Å². The van der Waals surface area contributed by atoms with E-state index < -0.39 is 0 Å². The summed E-state index contributed by atoms with van der Waals surface area (Å²) in [6.07, 6.45) is 3.75. The normalized spacial score (nSPS) is 18.6. The minimum atomic E-state index is 0.170. The van der Waals surface area contributed by atoms with Crippen molar-refractivity contribution in [3.8, 4) is 5.75 Å². The Morgan fingerprint density at radius 3 is 3.06 bits per heavy atom. The molecule has 3 rings (SSSR count). The molecule has 16 heavy (non-hydrogen) atoms. The highest BCUT2D eigenvalue weighted by Crippen LogP contribution is 2.43. The Morgan fingerprint density at radius 2 is 2.38 bits per heavy atom. The minimum Gasteiger partial charge on any atom is -0.488 e. The average molecular weight is 283 g/mol. The van der Waals surface area contributed by atoms with E-state index in [1.807, 2.05) is 24.7 Å². The molecule has 1 aliphatic rings. The van der Waals surface area contributed by atoms with Gasteiger partial charge in [0.1, 0.15) is 12.4 Å². The van der Waals surface area contributed by atoms with Gasteiger partial charge in [-0.2, -0.15) is 0 Å². The Balaban J connectivity index is 2.07. The molecular weight excluding hydrogens is 272 g/mol. The maximum absolute atomic E-state index is 5.61. The fraction of sp³-hybridized carbons (Fsp3) is 0.364. The summed E-state index contributed by atoms with van der Waals surface area (Å²) < 4.78 is 13.6. The first-order valence-corrected chi connectivity index (χ1v) is 5.85. The summed E-state index contributed by atoms with van der Waals surface area (Å²) in [4.78, 5) is 4.53. The molecule has 0 aliphatic carbocycles. The summed E-state index contributed by atoms with van der Waals surface area (Å²) in [7, 11) is 2.00. The maximum atomic E-state index is 5.61. The van der Waals surface area contributed by atoms with Gasteiger partial charge in [-0.05, 0) is 22.9 Å². The summed E-state index contributed by atoms with van der Waals surface area (Å²) in [5.41, 5.74) is 2.09. The number of ether oxygens (including phenoxy) is 1. The Labute approximate surface area is 101 Å². The standard InChI is InChI=1S/C11H11BrN2O2/c1-6-3-14(2)11(13-6)8-5-15-9-7(8)4-16-10(9)12/h3-4,8H,5H2,1-2H3. The van der Waals surface area contributed by atoms with Crippen LogP contribution in [0.1, 0.15) is 23.0 Å². The van der Waals surface area contributed by atoms with Gasteiger partial charge in [0.15, 0.2) is 5.75 Å². The lowest BCUT2D eigenvalue weighted by molar-refractivity contribution is 0.323. The molecule has 0 spiro atoms. The number of aromatic nitrogens is 2. The molecule has 0 saturated heterocycles. The molecule has 3 heterocycles. The first-order chi connectivity index (χ1) is 7.66. The van der Waals surface area contributed by atoms with Crippen molar-refractivity contribution in [2.24, 2.45) is 7.05 Å². The summed E-state index contributed by atoms with van der Waals surface area (Å²) in [6, 6.07) is 0. The molecular formula is C11H11BrN2O2. The number of fused-ring (bicyclic) bond motifs is 1. The topological polar surface area (TPSA) is 40.2 Å². The van der Waals surface area contributed by atoms with Gasteiger partial charge in [-0.15, -0.1) is 0 Å². The largest absolute Gasteiger partial charge is 0.488 e. The molecule has 0 radical (unpaired) electrons. The van der Waals surface area contributed by atoms with Gasteiger partial charge < -0.3 is 13.7 Å². The molecule has 0 amide bonds. The zero-order chi connectivity index (χ0) is 11.3. The number of nitrogens with zero attached hydrogens (tertiary/aromatic N) is 2. The molecule has 1 unspecified atom stereocenters. The van der Waals surface area contributed by atoms with E-state index in [4.69, 9.17) is 9.15 Å². The lowest BCUT2D eigenvalue weighted by Gasteiger charge is -2.07. The third-order valence-electron chi connectivity index (χ3n) is 2.84. The molecule has 2 aromatic heterocycles. The lowest BCUT2D eigenvalue weighted by Crippen LogP contribution is -2.09. The molecule has 84 valence electrons. The molecule has 2 aromatic rings. The zero-order valence-corrected chi connectivity index (χ0v) is 10.6. The van der Waals surface area contributed by atoms with Crippen LogP contribution in [0.3, 0.4) is 0 Å². The lowest BCUT2D eigenvalue weighted by atomic mass is 10.0. The van der Waals surface area contributed by atoms with Crippen molar-refractivity contribution in [1.29, 1.82) is 0 Å². The van der Waals surface area contributed by atoms with E-state index >= 15 is 0 Å². The predicted molar refractivity (Wildman–Crippen MR) is 61.7 cm³/mol. The smallest absolute Gasteiger partial charge is 0.211 e. The van der Waals surface area contributed by atoms with Crippen molar-refractivity contribution in [2.75, 3.05) is 6.61 Å². The molecule has 0 aromatic carbocycles. The predicted octanol–water partition coefficient (Wildman–Crippen LogP) is 2.61. The van der Waals surface area contributed by atoms with Gasteiger partial charge in [0, 0.05) is 18.8 Å². The van der Waals surface area contributed by atoms with Crippen LogP contribution in [0.15, 0.2) is 21.5 Å². The monoisotopic (exact) mass is 282 g/mol. The second kappa shape index (κ2) is 3.38. The third-order valence-corrected chi connectivity index (χ3v) is 3.39. The summed E-state index contributed by atoms with van der Waals surface area (Å²) in [6.45, 7) is 2.62. The Morgan fingerprint density at radius 1 is 1.56 bits per heavy atom. The van der Waals surface area contributed by atoms with Crippen LogP contribution in [0.25, 0.3) is 0 Å². The molecule has 1 aliphatic heterocycles. The molecule has 0 N–H and O–H groups in total. The average Bonchev–Trinajstić information content (AvgIpc) is 2.85. The fourth-order valence-corrected chi connectivity index (χ4v) is 2.58. The van der Waals surface area contributed by atoms with E-state index in [1.165, 1.54) is 0 Å². The van der Waals surface area contributed by atoms with Gasteiger partial charge in [-0.3, -0.25) is 0 Å². The van der Waals surface area contributed by atoms with Crippen molar-refractivity contribution < 1.29 is 9.15 Å². The first-order valence-electron chi connectivity index (χ1n) is 5.06. The van der Waals surface area contributed by atoms with Gasteiger partial charge >= 0.3 is 0 Å². The molecule has 4 nitrogen and oxygen atoms in total. The Kier molecular flexibility index (Phi) is 2.10. The fourth-order valence-electron chi connectivity index (χ4n) is 2.14. The number of rotatable bonds is 1. The highest BCUT2D eigenvalue weighted by molar-refractivity contribution is 9.10. The molecule has 5 heteroatoms. The van der Waals surface area contributed by atoms with Crippen LogP contribution in [0.2, 0.25) is 0 Å². The minimum absolute atomic E-state index is 0.170. The van der Waals surface area contributed by atoms with E-state index in [2.05, 4.69) is 20.9 Å². The Hall–Kier alpha value is -1.23. The third kappa shape index (κ3) is 1.31. The van der Waals surface area contributed by atoms with Crippen molar-refractivity contribution in [1.82, 2.24) is 9.55 Å². The van der Waals surface area contributed by atoms with Crippen molar-refractivity contribution >= 4 is 15.9 Å². The Bertz CT molecular complexity index is 544. The van der Waals surface area contributed by atoms with Crippen LogP contribution in [-0.4, -0.2) is 16.2 Å². The summed E-state index contributed by atoms with van der Waals surface area (Å²) in [5.74, 6) is 2.00. The van der Waals surface area contributed by atoms with Crippen molar-refractivity contribution in [2.45, 2.75) is 12.8 Å². The van der Waals surface area contributed by atoms with Gasteiger partial charge in [0.2, 0.25) is 4.67 Å². The number of hydrogen-bond acceptors (Lipinski definition) is 3. The highest BCUT2D eigenvalue weighted by Gasteiger charge is 2.32. The van der Waals surface area contributed by atoms with Crippen LogP contribution in [0, 0.1) is 6.92 Å². The SMILES string of the molecule is Cc1cn(C)c(C2COc3c2coc3Br)n1. The summed E-state index contributed by atoms with van der Waals surface area (Å²) in [5, 5.41) is 0. The molecule has 0 fully saturated rings. The van der Waals surface area contributed by atoms with Gasteiger partial charge in [0.05, 0.1) is 17.9 Å². The number of imidazole rings is 1. The second-order valence-corrected chi connectivity index (χ2v) is 4.73. The highest BCUT2D eigenvalue weighted by atomic mass is 79.9. The van der Waals surface area contributed by atoms with Crippen molar-refractivity contribution in [3.05, 3.63) is 34.2 Å². The van der Waals surface area contributed by atoms with E-state index in [9.17, 15) is 0 Å². The number of halogens is 1. The van der Waals surface area contributed by atoms with E-state index in [0.717, 1.165) is 22.8 Å². The maximum Gasteiger partial charge on any atom is 0.211 e. The van der Waals surface area contributed by atoms with E-state index in [-0.39, 0.29) is 5.92 Å². The quantitative estimate of drug-likeness (QED) is 0.807. The van der Waals surface area contributed by atoms with Crippen LogP contribution in [0.4, 0.5) is 0 Å².